The lowest BCUT2D eigenvalue weighted by atomic mass is 10.3. The van der Waals surface area contributed by atoms with Gasteiger partial charge in [-0.25, -0.2) is 14.2 Å². The van der Waals surface area contributed by atoms with Gasteiger partial charge in [0.1, 0.15) is 17.0 Å². The zero-order chi connectivity index (χ0) is 23.2. The van der Waals surface area contributed by atoms with Gasteiger partial charge in [-0.2, -0.15) is 10.2 Å². The molecule has 33 heavy (non-hydrogen) atoms. The Balaban J connectivity index is 1.58. The molecule has 4 rings (SSSR count). The normalized spacial score (nSPS) is 10.6. The number of nitrogens with one attached hydrogen (secondary N) is 1. The van der Waals surface area contributed by atoms with Crippen LogP contribution in [0.15, 0.2) is 73.1 Å². The molecule has 0 aliphatic heterocycles. The summed E-state index contributed by atoms with van der Waals surface area (Å²) in [6.07, 6.45) is 2.85. The van der Waals surface area contributed by atoms with Crippen molar-refractivity contribution >= 4 is 29.3 Å². The standard InChI is InChI=1S/C23H20ClN5O4/c1-2-32-23(31)19-14-26-29(17-6-4-3-5-7-17)21(19)27-22(30)20-12-13-25-28(20)15-33-18-10-8-16(24)9-11-18/h3-14H,2,15H2,1H3,(H,27,30). The fourth-order valence-electron chi connectivity index (χ4n) is 3.06. The summed E-state index contributed by atoms with van der Waals surface area (Å²) in [5, 5.41) is 11.8. The molecule has 0 unspecified atom stereocenters. The Bertz CT molecular complexity index is 1250. The summed E-state index contributed by atoms with van der Waals surface area (Å²) in [7, 11) is 0. The molecule has 0 radical (unpaired) electrons. The summed E-state index contributed by atoms with van der Waals surface area (Å²) in [5.41, 5.74) is 1.04. The van der Waals surface area contributed by atoms with E-state index in [-0.39, 0.29) is 30.4 Å². The molecule has 0 saturated carbocycles. The topological polar surface area (TPSA) is 100 Å². The highest BCUT2D eigenvalue weighted by atomic mass is 35.5. The molecule has 1 amide bonds. The number of esters is 1. The third-order valence-corrected chi connectivity index (χ3v) is 4.87. The number of hydrogen-bond acceptors (Lipinski definition) is 6. The molecule has 168 valence electrons. The predicted octanol–water partition coefficient (Wildman–Crippen LogP) is 4.19. The first-order valence-corrected chi connectivity index (χ1v) is 10.5. The molecule has 0 aliphatic carbocycles. The van der Waals surface area contributed by atoms with Crippen LogP contribution in [-0.4, -0.2) is 38.0 Å². The number of carbonyl (C=O) groups excluding carboxylic acids is 2. The fraction of sp³-hybridized carbons (Fsp3) is 0.130. The second kappa shape index (κ2) is 10.0. The zero-order valence-electron chi connectivity index (χ0n) is 17.6. The van der Waals surface area contributed by atoms with E-state index in [1.54, 1.807) is 37.3 Å². The number of amides is 1. The van der Waals surface area contributed by atoms with Crippen LogP contribution < -0.4 is 10.1 Å². The lowest BCUT2D eigenvalue weighted by molar-refractivity contribution is 0.0527. The molecule has 0 aliphatic rings. The van der Waals surface area contributed by atoms with Crippen molar-refractivity contribution in [3.8, 4) is 11.4 Å². The van der Waals surface area contributed by atoms with E-state index in [1.807, 2.05) is 30.3 Å². The minimum Gasteiger partial charge on any atom is -0.471 e. The molecule has 1 N–H and O–H groups in total. The van der Waals surface area contributed by atoms with Gasteiger partial charge in [0, 0.05) is 11.2 Å². The molecule has 0 atom stereocenters. The molecule has 4 aromatic rings. The van der Waals surface area contributed by atoms with Crippen molar-refractivity contribution in [2.24, 2.45) is 0 Å². The lowest BCUT2D eigenvalue weighted by Gasteiger charge is -2.13. The Morgan fingerprint density at radius 2 is 1.79 bits per heavy atom. The molecular weight excluding hydrogens is 446 g/mol. The van der Waals surface area contributed by atoms with Gasteiger partial charge in [-0.3, -0.25) is 4.79 Å². The first-order chi connectivity index (χ1) is 16.1. The van der Waals surface area contributed by atoms with E-state index < -0.39 is 11.9 Å². The Kier molecular flexibility index (Phi) is 6.70. The van der Waals surface area contributed by atoms with Gasteiger partial charge >= 0.3 is 5.97 Å². The smallest absolute Gasteiger partial charge is 0.343 e. The highest BCUT2D eigenvalue weighted by Crippen LogP contribution is 2.22. The van der Waals surface area contributed by atoms with Crippen molar-refractivity contribution in [3.05, 3.63) is 89.3 Å². The second-order valence-corrected chi connectivity index (χ2v) is 7.21. The van der Waals surface area contributed by atoms with E-state index >= 15 is 0 Å². The number of aromatic nitrogens is 4. The van der Waals surface area contributed by atoms with Gasteiger partial charge in [-0.05, 0) is 49.4 Å². The number of nitrogens with zero attached hydrogens (tertiary/aromatic N) is 4. The Hall–Kier alpha value is -4.11. The Morgan fingerprint density at radius 1 is 1.03 bits per heavy atom. The van der Waals surface area contributed by atoms with Crippen LogP contribution in [0.4, 0.5) is 5.82 Å². The van der Waals surface area contributed by atoms with Crippen molar-refractivity contribution in [1.82, 2.24) is 19.6 Å². The van der Waals surface area contributed by atoms with Crippen molar-refractivity contribution in [2.45, 2.75) is 13.7 Å². The summed E-state index contributed by atoms with van der Waals surface area (Å²) in [6.45, 7) is 1.90. The summed E-state index contributed by atoms with van der Waals surface area (Å²) < 4.78 is 13.7. The van der Waals surface area contributed by atoms with Crippen molar-refractivity contribution in [3.63, 3.8) is 0 Å². The van der Waals surface area contributed by atoms with Crippen molar-refractivity contribution in [1.29, 1.82) is 0 Å². The number of halogens is 1. The van der Waals surface area contributed by atoms with Crippen LogP contribution in [0.2, 0.25) is 5.02 Å². The minimum atomic E-state index is -0.588. The first-order valence-electron chi connectivity index (χ1n) is 10.1. The number of rotatable bonds is 8. The zero-order valence-corrected chi connectivity index (χ0v) is 18.4. The van der Waals surface area contributed by atoms with E-state index in [0.717, 1.165) is 0 Å². The molecule has 0 spiro atoms. The maximum absolute atomic E-state index is 13.1. The molecular formula is C23H20ClN5O4. The van der Waals surface area contributed by atoms with E-state index in [2.05, 4.69) is 15.5 Å². The van der Waals surface area contributed by atoms with Crippen LogP contribution in [0.3, 0.4) is 0 Å². The van der Waals surface area contributed by atoms with Gasteiger partial charge in [-0.1, -0.05) is 29.8 Å². The number of carbonyl (C=O) groups is 2. The summed E-state index contributed by atoms with van der Waals surface area (Å²) in [5.74, 6) is -0.311. The largest absolute Gasteiger partial charge is 0.471 e. The first kappa shape index (κ1) is 22.1. The average Bonchev–Trinajstić information content (AvgIpc) is 3.47. The molecule has 0 saturated heterocycles. The van der Waals surface area contributed by atoms with E-state index in [4.69, 9.17) is 21.1 Å². The van der Waals surface area contributed by atoms with Gasteiger partial charge in [0.2, 0.25) is 0 Å². The predicted molar refractivity (Wildman–Crippen MR) is 122 cm³/mol. The van der Waals surface area contributed by atoms with Gasteiger partial charge < -0.3 is 14.8 Å². The Morgan fingerprint density at radius 3 is 2.52 bits per heavy atom. The molecule has 0 bridgehead atoms. The van der Waals surface area contributed by atoms with Crippen LogP contribution in [-0.2, 0) is 11.5 Å². The van der Waals surface area contributed by atoms with E-state index in [9.17, 15) is 9.59 Å². The maximum Gasteiger partial charge on any atom is 0.343 e. The van der Waals surface area contributed by atoms with Crippen molar-refractivity contribution in [2.75, 3.05) is 11.9 Å². The SMILES string of the molecule is CCOC(=O)c1cnn(-c2ccccc2)c1NC(=O)c1ccnn1COc1ccc(Cl)cc1. The maximum atomic E-state index is 13.1. The Labute approximate surface area is 194 Å². The highest BCUT2D eigenvalue weighted by molar-refractivity contribution is 6.30. The summed E-state index contributed by atoms with van der Waals surface area (Å²) in [6, 6.07) is 17.5. The van der Waals surface area contributed by atoms with Gasteiger partial charge in [0.05, 0.1) is 18.5 Å². The molecule has 2 heterocycles. The molecule has 10 heteroatoms. The molecule has 9 nitrogen and oxygen atoms in total. The van der Waals surface area contributed by atoms with Gasteiger partial charge in [-0.15, -0.1) is 0 Å². The number of anilines is 1. The summed E-state index contributed by atoms with van der Waals surface area (Å²) in [4.78, 5) is 25.6. The minimum absolute atomic E-state index is 0.0000659. The second-order valence-electron chi connectivity index (χ2n) is 6.77. The van der Waals surface area contributed by atoms with Crippen LogP contribution in [0.25, 0.3) is 5.69 Å². The van der Waals surface area contributed by atoms with Crippen LogP contribution in [0.5, 0.6) is 5.75 Å². The number of para-hydroxylation sites is 1. The average molecular weight is 466 g/mol. The lowest BCUT2D eigenvalue weighted by Crippen LogP contribution is -2.22. The van der Waals surface area contributed by atoms with Crippen LogP contribution in [0.1, 0.15) is 27.8 Å². The molecule has 2 aromatic heterocycles. The van der Waals surface area contributed by atoms with E-state index in [0.29, 0.717) is 16.5 Å². The van der Waals surface area contributed by atoms with E-state index in [1.165, 1.54) is 21.8 Å². The van der Waals surface area contributed by atoms with Crippen molar-refractivity contribution < 1.29 is 19.1 Å². The highest BCUT2D eigenvalue weighted by Gasteiger charge is 2.23. The van der Waals surface area contributed by atoms with Crippen LogP contribution >= 0.6 is 11.6 Å². The molecule has 2 aromatic carbocycles. The van der Waals surface area contributed by atoms with Gasteiger partial charge in [0.25, 0.3) is 5.91 Å². The number of benzene rings is 2. The molecule has 0 fully saturated rings. The van der Waals surface area contributed by atoms with Crippen LogP contribution in [0, 0.1) is 0 Å². The quantitative estimate of drug-likeness (QED) is 0.392. The number of ether oxygens (including phenoxy) is 2. The third kappa shape index (κ3) is 5.04. The van der Waals surface area contributed by atoms with Gasteiger partial charge in [0.15, 0.2) is 12.5 Å². The number of hydrogen-bond donors (Lipinski definition) is 1. The fourth-order valence-corrected chi connectivity index (χ4v) is 3.18. The summed E-state index contributed by atoms with van der Waals surface area (Å²) >= 11 is 5.89. The monoisotopic (exact) mass is 465 g/mol. The third-order valence-electron chi connectivity index (χ3n) is 4.61.